The number of hydrogen-bond donors (Lipinski definition) is 2. The van der Waals surface area contributed by atoms with E-state index in [1.807, 2.05) is 49.4 Å². The molecule has 2 aromatic heterocycles. The molecule has 0 unspecified atom stereocenters. The molecule has 0 radical (unpaired) electrons. The van der Waals surface area contributed by atoms with Crippen LogP contribution in [0, 0.1) is 6.92 Å². The molecule has 6 heteroatoms. The number of para-hydroxylation sites is 2. The zero-order valence-corrected chi connectivity index (χ0v) is 14.6. The summed E-state index contributed by atoms with van der Waals surface area (Å²) in [6.07, 6.45) is 0. The Balaban J connectivity index is 1.47. The van der Waals surface area contributed by atoms with Crippen LogP contribution >= 0.6 is 23.1 Å². The summed E-state index contributed by atoms with van der Waals surface area (Å²) in [4.78, 5) is 21.2. The van der Waals surface area contributed by atoms with Crippen molar-refractivity contribution in [1.82, 2.24) is 9.97 Å². The number of carbonyl (C=O) groups is 1. The van der Waals surface area contributed by atoms with E-state index in [9.17, 15) is 4.79 Å². The number of aryl methyl sites for hydroxylation is 1. The lowest BCUT2D eigenvalue weighted by atomic mass is 10.2. The largest absolute Gasteiger partial charge is 0.358 e. The average Bonchev–Trinajstić information content (AvgIpc) is 3.12. The molecule has 120 valence electrons. The minimum atomic E-state index is -0.0382. The summed E-state index contributed by atoms with van der Waals surface area (Å²) in [5, 5.41) is 4.71. The minimum absolute atomic E-state index is 0.0382. The summed E-state index contributed by atoms with van der Waals surface area (Å²) in [7, 11) is 0. The maximum absolute atomic E-state index is 12.3. The smallest absolute Gasteiger partial charge is 0.236 e. The average molecular weight is 353 g/mol. The van der Waals surface area contributed by atoms with Gasteiger partial charge in [-0.05, 0) is 25.1 Å². The van der Waals surface area contributed by atoms with Crippen LogP contribution in [-0.2, 0) is 4.79 Å². The second-order valence-electron chi connectivity index (χ2n) is 5.45. The van der Waals surface area contributed by atoms with Gasteiger partial charge in [-0.2, -0.15) is 0 Å². The number of benzene rings is 2. The van der Waals surface area contributed by atoms with Gasteiger partial charge in [0, 0.05) is 21.5 Å². The number of nitrogens with one attached hydrogen (secondary N) is 2. The molecule has 0 fully saturated rings. The number of thiazole rings is 1. The maximum Gasteiger partial charge on any atom is 0.236 e. The van der Waals surface area contributed by atoms with Crippen molar-refractivity contribution in [2.24, 2.45) is 0 Å². The van der Waals surface area contributed by atoms with Gasteiger partial charge < -0.3 is 10.3 Å². The van der Waals surface area contributed by atoms with E-state index in [1.54, 1.807) is 11.8 Å². The van der Waals surface area contributed by atoms with Crippen molar-refractivity contribution in [2.75, 3.05) is 11.1 Å². The minimum Gasteiger partial charge on any atom is -0.358 e. The normalized spacial score (nSPS) is 11.2. The van der Waals surface area contributed by atoms with Crippen molar-refractivity contribution in [3.8, 4) is 0 Å². The second-order valence-corrected chi connectivity index (χ2v) is 7.46. The van der Waals surface area contributed by atoms with Crippen molar-refractivity contribution in [2.45, 2.75) is 11.8 Å². The standard InChI is InChI=1S/C18H15N3OS2/c1-11-17(12-6-2-3-7-13(12)19-11)23-10-16(22)21-18-20-14-8-4-5-9-15(14)24-18/h2-9,19H,10H2,1H3,(H,20,21,22). The number of fused-ring (bicyclic) bond motifs is 2. The Bertz CT molecular complexity index is 1000. The van der Waals surface area contributed by atoms with Crippen molar-refractivity contribution < 1.29 is 4.79 Å². The van der Waals surface area contributed by atoms with Crippen LogP contribution < -0.4 is 5.32 Å². The third-order valence-electron chi connectivity index (χ3n) is 3.72. The van der Waals surface area contributed by atoms with Gasteiger partial charge in [0.1, 0.15) is 0 Å². The van der Waals surface area contributed by atoms with Crippen LogP contribution in [0.5, 0.6) is 0 Å². The number of anilines is 1. The molecule has 2 heterocycles. The van der Waals surface area contributed by atoms with E-state index >= 15 is 0 Å². The molecule has 0 aliphatic rings. The Morgan fingerprint density at radius 1 is 1.21 bits per heavy atom. The molecule has 0 aliphatic heterocycles. The first kappa shape index (κ1) is 15.2. The molecular weight excluding hydrogens is 338 g/mol. The summed E-state index contributed by atoms with van der Waals surface area (Å²) in [5.41, 5.74) is 3.11. The maximum atomic E-state index is 12.3. The highest BCUT2D eigenvalue weighted by molar-refractivity contribution is 8.00. The third-order valence-corrected chi connectivity index (χ3v) is 5.90. The Hall–Kier alpha value is -2.31. The Kier molecular flexibility index (Phi) is 4.00. The van der Waals surface area contributed by atoms with Gasteiger partial charge in [-0.1, -0.05) is 41.7 Å². The van der Waals surface area contributed by atoms with Crippen LogP contribution in [0.15, 0.2) is 53.4 Å². The number of carbonyl (C=O) groups excluding carboxylic acids is 1. The zero-order chi connectivity index (χ0) is 16.5. The first-order valence-corrected chi connectivity index (χ1v) is 9.36. The fourth-order valence-corrected chi connectivity index (χ4v) is 4.49. The highest BCUT2D eigenvalue weighted by atomic mass is 32.2. The predicted octanol–water partition coefficient (Wildman–Crippen LogP) is 4.82. The number of thioether (sulfide) groups is 1. The van der Waals surface area contributed by atoms with E-state index < -0.39 is 0 Å². The molecule has 4 aromatic rings. The monoisotopic (exact) mass is 353 g/mol. The summed E-state index contributed by atoms with van der Waals surface area (Å²) in [5.74, 6) is 0.322. The topological polar surface area (TPSA) is 57.8 Å². The summed E-state index contributed by atoms with van der Waals surface area (Å²) in [6, 6.07) is 16.0. The molecule has 0 aliphatic carbocycles. The van der Waals surface area contributed by atoms with Gasteiger partial charge in [-0.3, -0.25) is 4.79 Å². The molecule has 4 rings (SSSR count). The number of H-pyrrole nitrogens is 1. The first-order chi connectivity index (χ1) is 11.7. The van der Waals surface area contributed by atoms with Crippen LogP contribution in [0.1, 0.15) is 5.69 Å². The van der Waals surface area contributed by atoms with Gasteiger partial charge in [-0.15, -0.1) is 11.8 Å². The SMILES string of the molecule is Cc1[nH]c2ccccc2c1SCC(=O)Nc1nc2ccccc2s1. The highest BCUT2D eigenvalue weighted by Crippen LogP contribution is 2.31. The molecule has 0 saturated carbocycles. The molecule has 0 atom stereocenters. The van der Waals surface area contributed by atoms with E-state index in [0.717, 1.165) is 31.7 Å². The van der Waals surface area contributed by atoms with E-state index in [0.29, 0.717) is 10.9 Å². The van der Waals surface area contributed by atoms with Crippen LogP contribution in [-0.4, -0.2) is 21.6 Å². The Labute approximate surface area is 147 Å². The summed E-state index contributed by atoms with van der Waals surface area (Å²) >= 11 is 3.05. The molecule has 2 N–H and O–H groups in total. The van der Waals surface area contributed by atoms with Crippen LogP contribution in [0.25, 0.3) is 21.1 Å². The van der Waals surface area contributed by atoms with Crippen molar-refractivity contribution in [1.29, 1.82) is 0 Å². The molecule has 2 aromatic carbocycles. The predicted molar refractivity (Wildman–Crippen MR) is 102 cm³/mol. The van der Waals surface area contributed by atoms with Crippen LogP contribution in [0.3, 0.4) is 0 Å². The zero-order valence-electron chi connectivity index (χ0n) is 13.0. The van der Waals surface area contributed by atoms with Gasteiger partial charge >= 0.3 is 0 Å². The Morgan fingerprint density at radius 2 is 2.00 bits per heavy atom. The second kappa shape index (κ2) is 6.30. The first-order valence-electron chi connectivity index (χ1n) is 7.56. The van der Waals surface area contributed by atoms with Crippen LogP contribution in [0.2, 0.25) is 0 Å². The molecule has 0 spiro atoms. The van der Waals surface area contributed by atoms with Gasteiger partial charge in [0.25, 0.3) is 0 Å². The molecule has 1 amide bonds. The number of aromatic amines is 1. The lowest BCUT2D eigenvalue weighted by Gasteiger charge is -2.02. The number of nitrogens with zero attached hydrogens (tertiary/aromatic N) is 1. The molecule has 24 heavy (non-hydrogen) atoms. The number of amides is 1. The molecular formula is C18H15N3OS2. The quantitative estimate of drug-likeness (QED) is 0.517. The summed E-state index contributed by atoms with van der Waals surface area (Å²) in [6.45, 7) is 2.04. The van der Waals surface area contributed by atoms with E-state index in [1.165, 1.54) is 11.3 Å². The third kappa shape index (κ3) is 2.90. The van der Waals surface area contributed by atoms with Crippen molar-refractivity contribution in [3.05, 3.63) is 54.2 Å². The lowest BCUT2D eigenvalue weighted by Crippen LogP contribution is -2.13. The number of hydrogen-bond acceptors (Lipinski definition) is 4. The summed E-state index contributed by atoms with van der Waals surface area (Å²) < 4.78 is 1.08. The fourth-order valence-electron chi connectivity index (χ4n) is 2.66. The lowest BCUT2D eigenvalue weighted by molar-refractivity contribution is -0.113. The fraction of sp³-hybridized carbons (Fsp3) is 0.111. The van der Waals surface area contributed by atoms with E-state index in [4.69, 9.17) is 0 Å². The van der Waals surface area contributed by atoms with Crippen molar-refractivity contribution in [3.63, 3.8) is 0 Å². The van der Waals surface area contributed by atoms with Gasteiger partial charge in [0.15, 0.2) is 5.13 Å². The Morgan fingerprint density at radius 3 is 2.88 bits per heavy atom. The van der Waals surface area contributed by atoms with Crippen molar-refractivity contribution >= 4 is 55.3 Å². The number of aromatic nitrogens is 2. The number of rotatable bonds is 4. The van der Waals surface area contributed by atoms with Gasteiger partial charge in [-0.25, -0.2) is 4.98 Å². The molecule has 0 saturated heterocycles. The highest BCUT2D eigenvalue weighted by Gasteiger charge is 2.12. The molecule has 4 nitrogen and oxygen atoms in total. The van der Waals surface area contributed by atoms with Gasteiger partial charge in [0.2, 0.25) is 5.91 Å². The van der Waals surface area contributed by atoms with E-state index in [2.05, 4.69) is 21.4 Å². The molecule has 0 bridgehead atoms. The van der Waals surface area contributed by atoms with Gasteiger partial charge in [0.05, 0.1) is 16.0 Å². The van der Waals surface area contributed by atoms with Crippen LogP contribution in [0.4, 0.5) is 5.13 Å². The van der Waals surface area contributed by atoms with E-state index in [-0.39, 0.29) is 5.91 Å².